The molecule has 0 bridgehead atoms. The zero-order valence-corrected chi connectivity index (χ0v) is 18.1. The van der Waals surface area contributed by atoms with Gasteiger partial charge in [0.05, 0.1) is 0 Å². The van der Waals surface area contributed by atoms with E-state index >= 15 is 0 Å². The average molecular weight is 422 g/mol. The fourth-order valence-electron chi connectivity index (χ4n) is 0. The molecule has 0 radical (unpaired) electrons. The molecule has 14 nitrogen and oxygen atoms in total. The molecular formula is C4H8Na2O14S3. The van der Waals surface area contributed by atoms with Gasteiger partial charge in [-0.05, 0) is 0 Å². The van der Waals surface area contributed by atoms with Crippen molar-refractivity contribution in [2.75, 3.05) is 0 Å². The van der Waals surface area contributed by atoms with Gasteiger partial charge >= 0.3 is 82.6 Å². The van der Waals surface area contributed by atoms with Gasteiger partial charge in [0, 0.05) is 6.92 Å². The van der Waals surface area contributed by atoms with Crippen LogP contribution in [0.25, 0.3) is 0 Å². The van der Waals surface area contributed by atoms with Crippen LogP contribution in [0.1, 0.15) is 6.92 Å². The minimum absolute atomic E-state index is 0. The normalized spacial score (nSPS) is 6.57. The van der Waals surface area contributed by atoms with Crippen LogP contribution in [-0.4, -0.2) is 68.3 Å². The zero-order valence-electron chi connectivity index (χ0n) is 11.6. The predicted molar refractivity (Wildman–Crippen MR) is 60.6 cm³/mol. The Hall–Kier alpha value is 0.370. The molecule has 0 rings (SSSR count). The SMILES string of the molecule is CC(=O)O.O=C(O)C(=O)O.O=S(O)O.O=S([O-])[O-].O=S=O.[Na+].[Na+]. The summed E-state index contributed by atoms with van der Waals surface area (Å²) in [5, 5.41) is 22.2. The average Bonchev–Trinajstić information content (AvgIpc) is 2.15. The van der Waals surface area contributed by atoms with Crippen LogP contribution in [0.3, 0.4) is 0 Å². The largest absolute Gasteiger partial charge is 1.00 e. The standard InChI is InChI=1S/C2H2O4.C2H4O2.2Na.2H2O3S.O2S/c3-1(4)2(5)6;1-2(3)4;;;2*1-4(2)3;1-3-2/h(H,3,4)(H,5,6);1H3,(H,3,4);;;2*(H2,1,2,3);/q;;2*+1;;;/p-2. The summed E-state index contributed by atoms with van der Waals surface area (Å²) in [7, 11) is 0. The Bertz CT molecular complexity index is 326. The van der Waals surface area contributed by atoms with E-state index in [2.05, 4.69) is 0 Å². The number of rotatable bonds is 0. The molecule has 0 atom stereocenters. The zero-order chi connectivity index (χ0) is 18.6. The summed E-state index contributed by atoms with van der Waals surface area (Å²) in [6.45, 7) is 1.08. The smallest absolute Gasteiger partial charge is 0.784 e. The Kier molecular flexibility index (Phi) is 72.3. The number of carbonyl (C=O) groups is 3. The fraction of sp³-hybridized carbons (Fsp3) is 0.250. The maximum Gasteiger partial charge on any atom is 1.00 e. The van der Waals surface area contributed by atoms with E-state index in [-0.39, 0.29) is 59.1 Å². The van der Waals surface area contributed by atoms with E-state index in [1.165, 1.54) is 0 Å². The third-order valence-corrected chi connectivity index (χ3v) is 0.183. The van der Waals surface area contributed by atoms with Crippen molar-refractivity contribution in [3.05, 3.63) is 0 Å². The Morgan fingerprint density at radius 1 is 0.870 bits per heavy atom. The van der Waals surface area contributed by atoms with E-state index in [4.69, 9.17) is 64.7 Å². The van der Waals surface area contributed by atoms with Crippen LogP contribution < -0.4 is 59.1 Å². The van der Waals surface area contributed by atoms with Crippen molar-refractivity contribution in [1.82, 2.24) is 0 Å². The van der Waals surface area contributed by atoms with Gasteiger partial charge in [-0.2, -0.15) is 12.6 Å². The van der Waals surface area contributed by atoms with Gasteiger partial charge in [-0.25, -0.2) is 9.59 Å². The van der Waals surface area contributed by atoms with Crippen LogP contribution in [0.4, 0.5) is 0 Å². The summed E-state index contributed by atoms with van der Waals surface area (Å²) in [5.74, 6) is -4.48. The molecule has 0 unspecified atom stereocenters. The Morgan fingerprint density at radius 2 is 0.913 bits per heavy atom. The first-order valence-corrected chi connectivity index (χ1v) is 6.13. The molecule has 19 heteroatoms. The van der Waals surface area contributed by atoms with Gasteiger partial charge in [0.25, 0.3) is 17.3 Å². The molecular weight excluding hydrogens is 414 g/mol. The molecule has 0 aliphatic heterocycles. The van der Waals surface area contributed by atoms with Crippen molar-refractivity contribution in [2.24, 2.45) is 0 Å². The van der Waals surface area contributed by atoms with Crippen molar-refractivity contribution in [3.8, 4) is 0 Å². The molecule has 0 spiro atoms. The molecule has 23 heavy (non-hydrogen) atoms. The summed E-state index contributed by atoms with van der Waals surface area (Å²) in [6.07, 6.45) is 0. The molecule has 0 aliphatic rings. The first-order chi connectivity index (χ1) is 9.25. The Labute approximate surface area is 181 Å². The third-order valence-electron chi connectivity index (χ3n) is 0.183. The van der Waals surface area contributed by atoms with Gasteiger partial charge < -0.3 is 24.4 Å². The van der Waals surface area contributed by atoms with Crippen molar-refractivity contribution < 1.29 is 124 Å². The minimum Gasteiger partial charge on any atom is -0.784 e. The monoisotopic (exact) mass is 422 g/mol. The Balaban J connectivity index is -0.0000000278. The van der Waals surface area contributed by atoms with Gasteiger partial charge in [-0.1, -0.05) is 0 Å². The van der Waals surface area contributed by atoms with Gasteiger partial charge in [-0.3, -0.25) is 18.1 Å². The summed E-state index contributed by atoms with van der Waals surface area (Å²) in [4.78, 5) is 27.2. The van der Waals surface area contributed by atoms with Crippen LogP contribution >= 0.6 is 0 Å². The number of hydrogen-bond donors (Lipinski definition) is 5. The molecule has 0 aromatic rings. The van der Waals surface area contributed by atoms with Gasteiger partial charge in [0.15, 0.2) is 0 Å². The summed E-state index contributed by atoms with van der Waals surface area (Å²) in [6, 6.07) is 0. The quantitative estimate of drug-likeness (QED) is 0.138. The number of carboxylic acid groups (broad SMARTS) is 3. The van der Waals surface area contributed by atoms with Gasteiger partial charge in [0.2, 0.25) is 0 Å². The predicted octanol–water partition coefficient (Wildman–Crippen LogP) is -8.74. The van der Waals surface area contributed by atoms with Crippen LogP contribution in [0.2, 0.25) is 0 Å². The third kappa shape index (κ3) is 486. The summed E-state index contributed by atoms with van der Waals surface area (Å²) < 4.78 is 64.8. The summed E-state index contributed by atoms with van der Waals surface area (Å²) >= 11 is -6.47. The molecule has 0 saturated heterocycles. The second kappa shape index (κ2) is 38.1. The van der Waals surface area contributed by atoms with Gasteiger partial charge in [0.1, 0.15) is 0 Å². The molecule has 0 saturated carbocycles. The fourth-order valence-corrected chi connectivity index (χ4v) is 0. The minimum atomic E-state index is -3.11. The van der Waals surface area contributed by atoms with Gasteiger partial charge in [-0.15, -0.1) is 11.4 Å². The molecule has 0 aromatic heterocycles. The van der Waals surface area contributed by atoms with Crippen molar-refractivity contribution >= 4 is 52.2 Å². The van der Waals surface area contributed by atoms with E-state index < -0.39 is 52.2 Å². The first kappa shape index (κ1) is 43.6. The topological polar surface area (TPSA) is 267 Å². The van der Waals surface area contributed by atoms with E-state index in [1.807, 2.05) is 0 Å². The molecule has 5 N–H and O–H groups in total. The van der Waals surface area contributed by atoms with E-state index in [0.29, 0.717) is 0 Å². The van der Waals surface area contributed by atoms with Crippen LogP contribution in [0.15, 0.2) is 0 Å². The second-order valence-corrected chi connectivity index (χ2v) is 2.64. The van der Waals surface area contributed by atoms with E-state index in [9.17, 15) is 0 Å². The first-order valence-electron chi connectivity index (χ1n) is 3.40. The number of carboxylic acids is 3. The van der Waals surface area contributed by atoms with E-state index in [1.54, 1.807) is 0 Å². The van der Waals surface area contributed by atoms with Crippen LogP contribution in [0, 0.1) is 0 Å². The summed E-state index contributed by atoms with van der Waals surface area (Å²) in [5.41, 5.74) is 0. The van der Waals surface area contributed by atoms with E-state index in [0.717, 1.165) is 6.92 Å². The van der Waals surface area contributed by atoms with Crippen LogP contribution in [-0.2, 0) is 48.7 Å². The van der Waals surface area contributed by atoms with Crippen molar-refractivity contribution in [1.29, 1.82) is 0 Å². The number of hydrogen-bond acceptors (Lipinski definition) is 9. The van der Waals surface area contributed by atoms with Crippen LogP contribution in [0.5, 0.6) is 0 Å². The molecule has 0 aromatic carbocycles. The van der Waals surface area contributed by atoms with Crippen molar-refractivity contribution in [2.45, 2.75) is 6.92 Å². The maximum atomic E-state index is 9.10. The van der Waals surface area contributed by atoms with Crippen molar-refractivity contribution in [3.63, 3.8) is 0 Å². The molecule has 0 amide bonds. The molecule has 0 heterocycles. The maximum absolute atomic E-state index is 9.10. The Morgan fingerprint density at radius 3 is 0.913 bits per heavy atom. The number of aliphatic carboxylic acids is 3. The molecule has 0 fully saturated rings. The molecule has 128 valence electrons. The second-order valence-electron chi connectivity index (χ2n) is 1.63. The molecule has 0 aliphatic carbocycles.